The third-order valence-electron chi connectivity index (χ3n) is 15.6. The van der Waals surface area contributed by atoms with Crippen molar-refractivity contribution in [1.29, 1.82) is 0 Å². The molecule has 67 heavy (non-hydrogen) atoms. The molecule has 0 saturated carbocycles. The van der Waals surface area contributed by atoms with Crippen molar-refractivity contribution in [3.63, 3.8) is 0 Å². The third kappa shape index (κ3) is 19.1. The molecule has 0 aromatic heterocycles. The predicted molar refractivity (Wildman–Crippen MR) is 314 cm³/mol. The molecule has 0 aliphatic heterocycles. The van der Waals surface area contributed by atoms with Gasteiger partial charge in [-0.05, 0) is 0 Å². The van der Waals surface area contributed by atoms with Crippen LogP contribution >= 0.6 is 0 Å². The van der Waals surface area contributed by atoms with Crippen LogP contribution in [0.25, 0.3) is 0 Å². The zero-order valence-corrected chi connectivity index (χ0v) is 67.6. The molecule has 0 unspecified atom stereocenters. The van der Waals surface area contributed by atoms with Crippen molar-refractivity contribution in [2.24, 2.45) is 0 Å². The molecule has 0 spiro atoms. The average molecular weight is 1370 g/mol. The molecular formula is C58H110MoSi4Y4. The quantitative estimate of drug-likeness (QED) is 0.124. The van der Waals surface area contributed by atoms with Crippen LogP contribution in [0.15, 0.2) is 0 Å². The zero-order valence-electron chi connectivity index (χ0n) is 61.2. The van der Waals surface area contributed by atoms with Gasteiger partial charge in [0.25, 0.3) is 0 Å². The fourth-order valence-corrected chi connectivity index (χ4v) is 21.3. The Morgan fingerprint density at radius 1 is 0.224 bits per heavy atom. The summed E-state index contributed by atoms with van der Waals surface area (Å²) in [5, 5.41) is 6.73. The Balaban J connectivity index is -0.0000000419. The summed E-state index contributed by atoms with van der Waals surface area (Å²) in [4.78, 5) is 0. The topological polar surface area (TPSA) is 0 Å². The van der Waals surface area contributed by atoms with Gasteiger partial charge in [0.15, 0.2) is 0 Å². The van der Waals surface area contributed by atoms with Crippen LogP contribution in [0.1, 0.15) is 133 Å². The Bertz CT molecular complexity index is 1930. The fraction of sp³-hybridized carbons (Fsp3) is 0.569. The van der Waals surface area contributed by atoms with Gasteiger partial charge < -0.3 is 15.7 Å². The third-order valence-corrected chi connectivity index (χ3v) is 24.6. The minimum atomic E-state index is -1.13. The van der Waals surface area contributed by atoms with Gasteiger partial charge >= 0.3 is 152 Å². The first-order valence-corrected chi connectivity index (χ1v) is 37.8. The molecule has 0 bridgehead atoms. The normalized spacial score (nSPS) is 11.1. The summed E-state index contributed by atoms with van der Waals surface area (Å²) in [6.07, 6.45) is 0. The maximum Gasteiger partial charge on any atom is 4.00 e. The van der Waals surface area contributed by atoms with Gasteiger partial charge in [-0.15, -0.1) is 0 Å². The second-order valence-corrected chi connectivity index (χ2v) is 43.6. The summed E-state index contributed by atoms with van der Waals surface area (Å²) in [5.74, 6) is 0. The molecule has 5 rings (SSSR count). The van der Waals surface area contributed by atoms with Gasteiger partial charge in [-0.1, -0.05) is 224 Å². The molecule has 5 aromatic carbocycles. The molecule has 0 atom stereocenters. The standard InChI is InChI=1S/4C12H21Si.C10H15.Mo.4Y.11H/c4*1-8-9(2)11(4)12(10(8)3)13(5,6)7;1-6-7(2)9(4)10(5)8(6)3;;;;;;;;;;;;;;;;/h4*1-7H3;1-5H3;;;;;;;;;;;;;;;;/q5*-1;+4;4*+3;11*-1. The predicted octanol–water partition coefficient (Wildman–Crippen LogP) is 16.9. The van der Waals surface area contributed by atoms with E-state index in [1.165, 1.54) is 72.3 Å². The van der Waals surface area contributed by atoms with Crippen LogP contribution in [-0.4, -0.2) is 32.3 Å². The van der Waals surface area contributed by atoms with Crippen LogP contribution in [0.5, 0.6) is 0 Å². The molecule has 0 N–H and O–H groups in total. The Hall–Kier alpha value is 2.72. The first kappa shape index (κ1) is 78.6. The van der Waals surface area contributed by atoms with Crippen molar-refractivity contribution in [2.75, 3.05) is 0 Å². The van der Waals surface area contributed by atoms with Crippen molar-refractivity contribution in [1.82, 2.24) is 0 Å². The molecule has 9 heteroatoms. The zero-order chi connectivity index (χ0) is 49.4. The summed E-state index contributed by atoms with van der Waals surface area (Å²) in [6.45, 7) is 76.4. The minimum Gasteiger partial charge on any atom is -1.00 e. The summed E-state index contributed by atoms with van der Waals surface area (Å²) >= 11 is 0. The molecule has 0 radical (unpaired) electrons. The van der Waals surface area contributed by atoms with Crippen LogP contribution in [-0.2, 0) is 152 Å². The van der Waals surface area contributed by atoms with Crippen molar-refractivity contribution in [2.45, 2.75) is 224 Å². The van der Waals surface area contributed by atoms with E-state index in [0.717, 1.165) is 0 Å². The summed E-state index contributed by atoms with van der Waals surface area (Å²) in [7, 11) is -4.53. The maximum absolute atomic E-state index is 2.43. The van der Waals surface area contributed by atoms with E-state index in [1.54, 1.807) is 65.3 Å². The Labute approximate surface area is 553 Å². The first-order valence-electron chi connectivity index (χ1n) is 23.8. The van der Waals surface area contributed by atoms with E-state index in [-0.39, 0.29) is 168 Å². The Kier molecular flexibility index (Phi) is 35.7. The fourth-order valence-electron chi connectivity index (χ4n) is 10.8. The summed E-state index contributed by atoms with van der Waals surface area (Å²) in [6, 6.07) is 0. The van der Waals surface area contributed by atoms with Crippen LogP contribution in [0, 0.1) is 145 Å². The van der Waals surface area contributed by atoms with E-state index < -0.39 is 32.3 Å². The molecule has 5 aromatic rings. The van der Waals surface area contributed by atoms with Gasteiger partial charge in [-0.25, -0.2) is 0 Å². The Morgan fingerprint density at radius 2 is 0.313 bits per heavy atom. The van der Waals surface area contributed by atoms with Crippen LogP contribution in [0.4, 0.5) is 0 Å². The largest absolute Gasteiger partial charge is 4.00 e. The summed E-state index contributed by atoms with van der Waals surface area (Å²) in [5.41, 5.74) is 31.8. The molecule has 0 fully saturated rings. The van der Waals surface area contributed by atoms with Gasteiger partial charge in [0.1, 0.15) is 0 Å². The maximum atomic E-state index is 2.43. The van der Waals surface area contributed by atoms with Crippen molar-refractivity contribution >= 4 is 53.0 Å². The molecule has 376 valence electrons. The first-order chi connectivity index (χ1) is 27.6. The summed E-state index contributed by atoms with van der Waals surface area (Å²) < 4.78 is 0. The van der Waals surface area contributed by atoms with Gasteiger partial charge in [0.2, 0.25) is 0 Å². The van der Waals surface area contributed by atoms with Crippen LogP contribution < -0.4 is 20.7 Å². The molecule has 0 heterocycles. The van der Waals surface area contributed by atoms with E-state index in [2.05, 4.69) is 224 Å². The molecule has 0 nitrogen and oxygen atoms in total. The molecular weight excluding hydrogens is 1260 g/mol. The number of hydrogen-bond donors (Lipinski definition) is 0. The van der Waals surface area contributed by atoms with E-state index in [0.29, 0.717) is 0 Å². The van der Waals surface area contributed by atoms with Gasteiger partial charge in [-0.3, -0.25) is 0 Å². The van der Waals surface area contributed by atoms with Crippen LogP contribution in [0.3, 0.4) is 0 Å². The minimum absolute atomic E-state index is 0. The molecule has 0 aliphatic carbocycles. The molecule has 0 aliphatic rings. The van der Waals surface area contributed by atoms with Gasteiger partial charge in [0, 0.05) is 32.3 Å². The monoisotopic (exact) mass is 1370 g/mol. The number of hydrogen-bond acceptors (Lipinski definition) is 0. The average Bonchev–Trinajstić information content (AvgIpc) is 3.69. The SMILES string of the molecule is Cc1c(C)c(C)[c-](C)c1C.Cc1c(C)c(C)[c-]([Si](C)(C)C)c1C.Cc1c(C)c(C)[c-]([Si](C)(C)C)c1C.Cc1c(C)c(C)[c-]([Si](C)(C)C)c1C.Cc1c(C)c(C)[c-]([Si](C)(C)C)c1C.[H-].[H-].[H-].[H-].[H-].[H-].[H-].[H-].[H-].[H-].[H-].[Mo+4].[Y+3].[Y+3].[Y+3].[Y+3]. The van der Waals surface area contributed by atoms with Crippen molar-refractivity contribution in [3.8, 4) is 0 Å². The molecule has 0 saturated heterocycles. The van der Waals surface area contributed by atoms with Crippen molar-refractivity contribution in [3.05, 3.63) is 117 Å². The van der Waals surface area contributed by atoms with Crippen LogP contribution in [0.2, 0.25) is 78.6 Å². The van der Waals surface area contributed by atoms with E-state index in [1.807, 2.05) is 0 Å². The van der Waals surface area contributed by atoms with E-state index in [4.69, 9.17) is 0 Å². The molecule has 0 amide bonds. The van der Waals surface area contributed by atoms with E-state index >= 15 is 0 Å². The van der Waals surface area contributed by atoms with E-state index in [9.17, 15) is 0 Å². The van der Waals surface area contributed by atoms with Gasteiger partial charge in [0.05, 0.1) is 0 Å². The smallest absolute Gasteiger partial charge is 1.00 e. The second kappa shape index (κ2) is 30.5. The second-order valence-electron chi connectivity index (χ2n) is 23.6. The van der Waals surface area contributed by atoms with Gasteiger partial charge in [-0.2, -0.15) is 138 Å². The van der Waals surface area contributed by atoms with Crippen molar-refractivity contribution < 1.29 is 168 Å². The number of rotatable bonds is 4. The Morgan fingerprint density at radius 3 is 0.358 bits per heavy atom.